The maximum absolute atomic E-state index is 6.57. The maximum Gasteiger partial charge on any atom is 0.0344 e. The summed E-state index contributed by atoms with van der Waals surface area (Å²) < 4.78 is 2.16. The van der Waals surface area contributed by atoms with Crippen molar-refractivity contribution < 1.29 is 0 Å². The van der Waals surface area contributed by atoms with Crippen LogP contribution in [0.5, 0.6) is 0 Å². The summed E-state index contributed by atoms with van der Waals surface area (Å²) in [6, 6.07) is 1.22. The molecule has 130 valence electrons. The van der Waals surface area contributed by atoms with Crippen LogP contribution in [0.3, 0.4) is 0 Å². The predicted octanol–water partition coefficient (Wildman–Crippen LogP) is 5.26. The molecule has 2 saturated carbocycles. The zero-order chi connectivity index (χ0) is 16.6. The average Bonchev–Trinajstić information content (AvgIpc) is 2.45. The Morgan fingerprint density at radius 2 is 1.96 bits per heavy atom. The molecule has 0 radical (unpaired) electrons. The van der Waals surface area contributed by atoms with E-state index < -0.39 is 0 Å². The van der Waals surface area contributed by atoms with Crippen LogP contribution in [0.15, 0.2) is 24.4 Å². The highest BCUT2D eigenvalue weighted by Gasteiger charge is 2.57. The first-order valence-electron chi connectivity index (χ1n) is 9.43. The van der Waals surface area contributed by atoms with Gasteiger partial charge in [0.15, 0.2) is 0 Å². The first-order valence-corrected chi connectivity index (χ1v) is 9.77. The number of nitrogens with zero attached hydrogens (tertiary/aromatic N) is 1. The van der Waals surface area contributed by atoms with Crippen molar-refractivity contribution in [2.24, 2.45) is 17.8 Å². The van der Waals surface area contributed by atoms with Crippen molar-refractivity contribution in [2.45, 2.75) is 83.3 Å². The lowest BCUT2D eigenvalue weighted by Gasteiger charge is -2.62. The molecule has 3 heteroatoms. The second-order valence-corrected chi connectivity index (χ2v) is 9.15. The van der Waals surface area contributed by atoms with Gasteiger partial charge in [0.2, 0.25) is 0 Å². The molecular formula is C20H33ClN2. The quantitative estimate of drug-likeness (QED) is 0.504. The molecule has 4 aliphatic rings. The van der Waals surface area contributed by atoms with Crippen molar-refractivity contribution in [2.75, 3.05) is 0 Å². The average molecular weight is 337 g/mol. The van der Waals surface area contributed by atoms with Gasteiger partial charge < -0.3 is 5.32 Å². The van der Waals surface area contributed by atoms with Crippen molar-refractivity contribution in [3.8, 4) is 0 Å². The molecular weight excluding hydrogens is 304 g/mol. The fourth-order valence-electron chi connectivity index (χ4n) is 5.21. The third-order valence-corrected chi connectivity index (χ3v) is 6.90. The van der Waals surface area contributed by atoms with Crippen LogP contribution >= 0.6 is 11.8 Å². The molecule has 0 aromatic heterocycles. The summed E-state index contributed by atoms with van der Waals surface area (Å²) in [6.45, 7) is 11.2. The van der Waals surface area contributed by atoms with E-state index in [0.29, 0.717) is 12.1 Å². The van der Waals surface area contributed by atoms with Crippen LogP contribution < -0.4 is 5.32 Å². The molecule has 0 amide bonds. The SMILES string of the molecule is C=C(C/C=C/CCC(C)C)NC1[C@@H]2CC3C[C@H]1CC(C)(C2)N3Cl. The van der Waals surface area contributed by atoms with Gasteiger partial charge in [-0.05, 0) is 75.0 Å². The predicted molar refractivity (Wildman–Crippen MR) is 99.2 cm³/mol. The van der Waals surface area contributed by atoms with Gasteiger partial charge in [0, 0.05) is 29.7 Å². The number of nitrogens with one attached hydrogen (secondary N) is 1. The Labute approximate surface area is 147 Å². The largest absolute Gasteiger partial charge is 0.385 e. The molecule has 2 nitrogen and oxygen atoms in total. The molecule has 0 spiro atoms. The van der Waals surface area contributed by atoms with Crippen molar-refractivity contribution in [1.29, 1.82) is 0 Å². The lowest BCUT2D eigenvalue weighted by molar-refractivity contribution is -0.0814. The van der Waals surface area contributed by atoms with Gasteiger partial charge in [-0.2, -0.15) is 0 Å². The van der Waals surface area contributed by atoms with Crippen molar-refractivity contribution in [3.05, 3.63) is 24.4 Å². The van der Waals surface area contributed by atoms with Gasteiger partial charge in [0.05, 0.1) is 0 Å². The molecule has 4 rings (SSSR count). The summed E-state index contributed by atoms with van der Waals surface area (Å²) in [7, 11) is 0. The van der Waals surface area contributed by atoms with Gasteiger partial charge in [0.1, 0.15) is 0 Å². The highest BCUT2D eigenvalue weighted by molar-refractivity contribution is 6.14. The van der Waals surface area contributed by atoms with Crippen LogP contribution in [0.4, 0.5) is 0 Å². The fraction of sp³-hybridized carbons (Fsp3) is 0.800. The summed E-state index contributed by atoms with van der Waals surface area (Å²) in [6.07, 6.45) is 13.0. The Morgan fingerprint density at radius 3 is 2.52 bits per heavy atom. The molecule has 2 saturated heterocycles. The van der Waals surface area contributed by atoms with Gasteiger partial charge in [-0.25, -0.2) is 4.42 Å². The van der Waals surface area contributed by atoms with Crippen molar-refractivity contribution >= 4 is 11.8 Å². The molecule has 0 aromatic rings. The van der Waals surface area contributed by atoms with E-state index in [1.54, 1.807) is 0 Å². The topological polar surface area (TPSA) is 15.3 Å². The number of hydrogen-bond acceptors (Lipinski definition) is 2. The molecule has 0 aromatic carbocycles. The van der Waals surface area contributed by atoms with E-state index in [1.807, 2.05) is 0 Å². The summed E-state index contributed by atoms with van der Waals surface area (Å²) in [5.74, 6) is 2.33. The van der Waals surface area contributed by atoms with E-state index in [9.17, 15) is 0 Å². The number of rotatable bonds is 7. The zero-order valence-electron chi connectivity index (χ0n) is 15.0. The maximum atomic E-state index is 6.57. The number of halogens is 1. The highest BCUT2D eigenvalue weighted by atomic mass is 35.5. The van der Waals surface area contributed by atoms with Crippen LogP contribution in [0, 0.1) is 17.8 Å². The molecule has 2 heterocycles. The lowest BCUT2D eigenvalue weighted by Crippen LogP contribution is -2.67. The summed E-state index contributed by atoms with van der Waals surface area (Å²) in [5.41, 5.74) is 1.42. The van der Waals surface area contributed by atoms with Crippen LogP contribution in [-0.2, 0) is 0 Å². The molecule has 2 aliphatic heterocycles. The Bertz CT molecular complexity index is 454. The van der Waals surface area contributed by atoms with Gasteiger partial charge in [0.25, 0.3) is 0 Å². The Balaban J connectivity index is 1.49. The van der Waals surface area contributed by atoms with Gasteiger partial charge in [-0.15, -0.1) is 0 Å². The minimum atomic E-state index is 0.230. The fourth-order valence-corrected chi connectivity index (χ4v) is 5.51. The van der Waals surface area contributed by atoms with Crippen molar-refractivity contribution in [3.63, 3.8) is 0 Å². The summed E-state index contributed by atoms with van der Waals surface area (Å²) in [5, 5.41) is 3.79. The Kier molecular flexibility index (Phi) is 5.13. The number of allylic oxidation sites excluding steroid dienone is 2. The lowest BCUT2D eigenvalue weighted by atomic mass is 9.57. The molecule has 4 bridgehead atoms. The molecule has 5 atom stereocenters. The van der Waals surface area contributed by atoms with Gasteiger partial charge in [-0.3, -0.25) is 0 Å². The van der Waals surface area contributed by atoms with E-state index in [2.05, 4.69) is 49.2 Å². The monoisotopic (exact) mass is 336 g/mol. The Hall–Kier alpha value is -0.470. The molecule has 4 fully saturated rings. The molecule has 23 heavy (non-hydrogen) atoms. The van der Waals surface area contributed by atoms with Crippen LogP contribution in [-0.4, -0.2) is 22.0 Å². The third kappa shape index (κ3) is 3.64. The minimum absolute atomic E-state index is 0.230. The van der Waals surface area contributed by atoms with Crippen LogP contribution in [0.25, 0.3) is 0 Å². The van der Waals surface area contributed by atoms with E-state index in [4.69, 9.17) is 11.8 Å². The minimum Gasteiger partial charge on any atom is -0.385 e. The molecule has 3 unspecified atom stereocenters. The van der Waals surface area contributed by atoms with Crippen molar-refractivity contribution in [1.82, 2.24) is 9.74 Å². The molecule has 1 N–H and O–H groups in total. The third-order valence-electron chi connectivity index (χ3n) is 6.22. The number of hydrogen-bond donors (Lipinski definition) is 1. The normalized spacial score (nSPS) is 39.5. The first kappa shape index (κ1) is 17.4. The smallest absolute Gasteiger partial charge is 0.0344 e. The highest BCUT2D eigenvalue weighted by Crippen LogP contribution is 2.55. The Morgan fingerprint density at radius 1 is 1.30 bits per heavy atom. The van der Waals surface area contributed by atoms with E-state index in [1.165, 1.54) is 44.2 Å². The van der Waals surface area contributed by atoms with Gasteiger partial charge in [-0.1, -0.05) is 32.6 Å². The van der Waals surface area contributed by atoms with Gasteiger partial charge >= 0.3 is 0 Å². The summed E-state index contributed by atoms with van der Waals surface area (Å²) >= 11 is 6.57. The first-order chi connectivity index (χ1) is 10.9. The second kappa shape index (κ2) is 6.80. The number of piperidine rings is 2. The summed E-state index contributed by atoms with van der Waals surface area (Å²) in [4.78, 5) is 0. The standard InChI is InChI=1S/C20H33ClN2/c1-14(2)8-6-5-7-9-15(3)22-19-16-10-18-11-17(19)13-20(4,12-16)23(18)21/h5,7,14,16-19,22H,3,6,8-13H2,1-2,4H3/b7-5+/t16-,17+,18?,19?,20?. The zero-order valence-corrected chi connectivity index (χ0v) is 15.8. The molecule has 2 aliphatic carbocycles. The van der Waals surface area contributed by atoms with E-state index in [0.717, 1.165) is 24.2 Å². The van der Waals surface area contributed by atoms with Crippen LogP contribution in [0.1, 0.15) is 65.7 Å². The van der Waals surface area contributed by atoms with E-state index in [-0.39, 0.29) is 5.54 Å². The second-order valence-electron chi connectivity index (χ2n) is 8.78. The van der Waals surface area contributed by atoms with E-state index >= 15 is 0 Å². The van der Waals surface area contributed by atoms with Crippen LogP contribution in [0.2, 0.25) is 0 Å².